The Morgan fingerprint density at radius 2 is 2.05 bits per heavy atom. The number of hydrogen-bond donors (Lipinski definition) is 1. The van der Waals surface area contributed by atoms with Crippen molar-refractivity contribution in [1.82, 2.24) is 4.90 Å². The minimum atomic E-state index is -0.518. The maximum Gasteiger partial charge on any atom is 0.0776 e. The summed E-state index contributed by atoms with van der Waals surface area (Å²) >= 11 is 6.24. The molecule has 1 aromatic carbocycles. The van der Waals surface area contributed by atoms with E-state index in [-0.39, 0.29) is 0 Å². The molecule has 0 radical (unpaired) electrons. The van der Waals surface area contributed by atoms with Gasteiger partial charge in [0.1, 0.15) is 0 Å². The van der Waals surface area contributed by atoms with E-state index in [2.05, 4.69) is 23.9 Å². The zero-order valence-electron chi connectivity index (χ0n) is 12.6. The van der Waals surface area contributed by atoms with Crippen LogP contribution < -0.4 is 4.90 Å². The summed E-state index contributed by atoms with van der Waals surface area (Å²) in [5, 5.41) is 10.3. The third kappa shape index (κ3) is 3.87. The van der Waals surface area contributed by atoms with E-state index in [1.165, 1.54) is 25.9 Å². The molecule has 1 saturated heterocycles. The molecule has 0 bridgehead atoms. The molecular formula is C16H25ClN2O. The molecule has 1 aliphatic heterocycles. The van der Waals surface area contributed by atoms with Gasteiger partial charge < -0.3 is 14.9 Å². The van der Waals surface area contributed by atoms with Crippen LogP contribution in [-0.4, -0.2) is 43.7 Å². The Bertz CT molecular complexity index is 442. The van der Waals surface area contributed by atoms with Gasteiger partial charge in [-0.1, -0.05) is 17.7 Å². The highest BCUT2D eigenvalue weighted by Gasteiger charge is 2.18. The Balaban J connectivity index is 1.98. The average Bonchev–Trinajstić information content (AvgIpc) is 2.40. The smallest absolute Gasteiger partial charge is 0.0776 e. The number of likely N-dealkylation sites (tertiary alicyclic amines) is 1. The van der Waals surface area contributed by atoms with Crippen LogP contribution in [0.5, 0.6) is 0 Å². The molecule has 0 amide bonds. The highest BCUT2D eigenvalue weighted by molar-refractivity contribution is 6.31. The minimum absolute atomic E-state index is 0.518. The van der Waals surface area contributed by atoms with Crippen LogP contribution in [-0.2, 0) is 0 Å². The van der Waals surface area contributed by atoms with Gasteiger partial charge in [0.25, 0.3) is 0 Å². The normalized spacial score (nSPS) is 19.1. The predicted molar refractivity (Wildman–Crippen MR) is 85.6 cm³/mol. The van der Waals surface area contributed by atoms with Crippen LogP contribution in [0, 0.1) is 5.92 Å². The van der Waals surface area contributed by atoms with Gasteiger partial charge in [-0.25, -0.2) is 0 Å². The van der Waals surface area contributed by atoms with Gasteiger partial charge >= 0.3 is 0 Å². The zero-order chi connectivity index (χ0) is 14.7. The van der Waals surface area contributed by atoms with Gasteiger partial charge in [-0.15, -0.1) is 0 Å². The van der Waals surface area contributed by atoms with Crippen molar-refractivity contribution in [2.75, 3.05) is 38.6 Å². The zero-order valence-corrected chi connectivity index (χ0v) is 13.4. The van der Waals surface area contributed by atoms with Crippen LogP contribution in [0.2, 0.25) is 5.02 Å². The van der Waals surface area contributed by atoms with E-state index < -0.39 is 6.10 Å². The Kier molecular flexibility index (Phi) is 5.30. The third-order valence-corrected chi connectivity index (χ3v) is 4.57. The van der Waals surface area contributed by atoms with E-state index in [9.17, 15) is 5.11 Å². The molecule has 1 aliphatic rings. The second-order valence-corrected chi connectivity index (χ2v) is 6.42. The Morgan fingerprint density at radius 1 is 1.40 bits per heavy atom. The molecule has 112 valence electrons. The molecule has 4 heteroatoms. The van der Waals surface area contributed by atoms with Gasteiger partial charge in [-0.2, -0.15) is 0 Å². The summed E-state index contributed by atoms with van der Waals surface area (Å²) in [7, 11) is 4.31. The Morgan fingerprint density at radius 3 is 2.60 bits per heavy atom. The molecule has 1 aromatic rings. The van der Waals surface area contributed by atoms with Crippen LogP contribution in [0.1, 0.15) is 31.4 Å². The molecule has 0 spiro atoms. The molecule has 1 atom stereocenters. The van der Waals surface area contributed by atoms with Gasteiger partial charge in [0.2, 0.25) is 0 Å². The van der Waals surface area contributed by atoms with Crippen molar-refractivity contribution in [2.24, 2.45) is 5.92 Å². The van der Waals surface area contributed by atoms with E-state index in [1.54, 1.807) is 6.92 Å². The van der Waals surface area contributed by atoms with Gasteiger partial charge in [-0.3, -0.25) is 0 Å². The predicted octanol–water partition coefficient (Wildman–Crippen LogP) is 3.17. The maximum absolute atomic E-state index is 9.62. The lowest BCUT2D eigenvalue weighted by atomic mass is 9.96. The molecule has 2 rings (SSSR count). The number of rotatable bonds is 4. The number of piperidine rings is 1. The van der Waals surface area contributed by atoms with Gasteiger partial charge in [0, 0.05) is 24.3 Å². The fourth-order valence-electron chi connectivity index (χ4n) is 2.83. The van der Waals surface area contributed by atoms with Crippen molar-refractivity contribution in [3.63, 3.8) is 0 Å². The summed E-state index contributed by atoms with van der Waals surface area (Å²) in [5.74, 6) is 0.756. The number of halogens is 1. The number of aliphatic hydroxyl groups is 1. The number of benzene rings is 1. The van der Waals surface area contributed by atoms with Gasteiger partial charge in [0.15, 0.2) is 0 Å². The van der Waals surface area contributed by atoms with Crippen molar-refractivity contribution in [3.8, 4) is 0 Å². The first kappa shape index (κ1) is 15.6. The lowest BCUT2D eigenvalue weighted by molar-refractivity contribution is 0.199. The summed E-state index contributed by atoms with van der Waals surface area (Å²) in [6.07, 6.45) is 2.01. The van der Waals surface area contributed by atoms with Gasteiger partial charge in [0.05, 0.1) is 6.10 Å². The first-order valence-electron chi connectivity index (χ1n) is 7.34. The van der Waals surface area contributed by atoms with E-state index in [4.69, 9.17) is 11.6 Å². The van der Waals surface area contributed by atoms with Crippen LogP contribution in [0.3, 0.4) is 0 Å². The summed E-state index contributed by atoms with van der Waals surface area (Å²) in [6.45, 7) is 5.20. The van der Waals surface area contributed by atoms with Crippen molar-refractivity contribution >= 4 is 17.3 Å². The monoisotopic (exact) mass is 296 g/mol. The lowest BCUT2D eigenvalue weighted by Gasteiger charge is -2.32. The summed E-state index contributed by atoms with van der Waals surface area (Å²) in [5.41, 5.74) is 1.92. The lowest BCUT2D eigenvalue weighted by Crippen LogP contribution is -2.35. The third-order valence-electron chi connectivity index (χ3n) is 4.25. The summed E-state index contributed by atoms with van der Waals surface area (Å²) in [6, 6.07) is 5.93. The van der Waals surface area contributed by atoms with Crippen molar-refractivity contribution < 1.29 is 5.11 Å². The average molecular weight is 297 g/mol. The van der Waals surface area contributed by atoms with E-state index in [0.717, 1.165) is 23.7 Å². The first-order valence-corrected chi connectivity index (χ1v) is 7.72. The molecule has 20 heavy (non-hydrogen) atoms. The molecular weight excluding hydrogens is 272 g/mol. The number of anilines is 1. The summed E-state index contributed by atoms with van der Waals surface area (Å²) < 4.78 is 0. The quantitative estimate of drug-likeness (QED) is 0.924. The van der Waals surface area contributed by atoms with E-state index in [0.29, 0.717) is 5.02 Å². The van der Waals surface area contributed by atoms with Crippen molar-refractivity contribution in [1.29, 1.82) is 0 Å². The first-order chi connectivity index (χ1) is 9.47. The molecule has 1 N–H and O–H groups in total. The largest absolute Gasteiger partial charge is 0.389 e. The van der Waals surface area contributed by atoms with Crippen LogP contribution in [0.4, 0.5) is 5.69 Å². The number of nitrogens with zero attached hydrogens (tertiary/aromatic N) is 2. The molecule has 1 fully saturated rings. The van der Waals surface area contributed by atoms with Gasteiger partial charge in [-0.05, 0) is 63.5 Å². The van der Waals surface area contributed by atoms with Crippen LogP contribution in [0.25, 0.3) is 0 Å². The summed E-state index contributed by atoms with van der Waals surface area (Å²) in [4.78, 5) is 4.67. The SMILES string of the molecule is CC(O)c1ccc(N(C)CC2CCN(C)CC2)cc1Cl. The second-order valence-electron chi connectivity index (χ2n) is 6.01. The minimum Gasteiger partial charge on any atom is -0.389 e. The standard InChI is InChI=1S/C16H25ClN2O/c1-12(20)15-5-4-14(10-16(15)17)19(3)11-13-6-8-18(2)9-7-13/h4-5,10,12-13,20H,6-9,11H2,1-3H3. The Hall–Kier alpha value is -0.770. The van der Waals surface area contributed by atoms with E-state index in [1.807, 2.05) is 18.2 Å². The van der Waals surface area contributed by atoms with E-state index >= 15 is 0 Å². The number of aliphatic hydroxyl groups excluding tert-OH is 1. The topological polar surface area (TPSA) is 26.7 Å². The van der Waals surface area contributed by atoms with Crippen LogP contribution in [0.15, 0.2) is 18.2 Å². The molecule has 3 nitrogen and oxygen atoms in total. The van der Waals surface area contributed by atoms with Crippen molar-refractivity contribution in [3.05, 3.63) is 28.8 Å². The fourth-order valence-corrected chi connectivity index (χ4v) is 3.16. The highest BCUT2D eigenvalue weighted by Crippen LogP contribution is 2.28. The maximum atomic E-state index is 9.62. The molecule has 0 aliphatic carbocycles. The fraction of sp³-hybridized carbons (Fsp3) is 0.625. The molecule has 0 saturated carbocycles. The van der Waals surface area contributed by atoms with Crippen LogP contribution >= 0.6 is 11.6 Å². The second kappa shape index (κ2) is 6.79. The molecule has 1 heterocycles. The number of hydrogen-bond acceptors (Lipinski definition) is 3. The Labute approximate surface area is 127 Å². The van der Waals surface area contributed by atoms with Crippen molar-refractivity contribution in [2.45, 2.75) is 25.9 Å². The highest BCUT2D eigenvalue weighted by atomic mass is 35.5. The molecule has 1 unspecified atom stereocenters. The molecule has 0 aromatic heterocycles.